The summed E-state index contributed by atoms with van der Waals surface area (Å²) in [5.41, 5.74) is 0. The fourth-order valence-corrected chi connectivity index (χ4v) is 5.62. The lowest BCUT2D eigenvalue weighted by atomic mass is 9.97. The lowest BCUT2D eigenvalue weighted by Gasteiger charge is -2.30. The Balaban J connectivity index is 1.34. The van der Waals surface area contributed by atoms with E-state index in [9.17, 15) is 13.2 Å². The van der Waals surface area contributed by atoms with Crippen molar-refractivity contribution < 1.29 is 17.9 Å². The van der Waals surface area contributed by atoms with E-state index in [2.05, 4.69) is 15.5 Å². The monoisotopic (exact) mass is 472 g/mol. The second-order valence-corrected chi connectivity index (χ2v) is 10.4. The highest BCUT2D eigenvalue weighted by Crippen LogP contribution is 2.28. The molecule has 3 aromatic rings. The van der Waals surface area contributed by atoms with E-state index >= 15 is 0 Å². The average Bonchev–Trinajstić information content (AvgIpc) is 3.28. The third-order valence-corrected chi connectivity index (χ3v) is 8.16. The van der Waals surface area contributed by atoms with Crippen LogP contribution in [0, 0.1) is 5.92 Å². The molecule has 1 fully saturated rings. The second kappa shape index (κ2) is 9.76. The molecule has 0 unspecified atom stereocenters. The van der Waals surface area contributed by atoms with E-state index in [1.54, 1.807) is 24.3 Å². The normalized spacial score (nSPS) is 15.4. The lowest BCUT2D eigenvalue weighted by Crippen LogP contribution is -2.41. The van der Waals surface area contributed by atoms with Crippen molar-refractivity contribution in [2.45, 2.75) is 31.1 Å². The SMILES string of the molecule is CCc1nnc(NC(=O)C2CCN(S(=O)(=O)c3ccc(Oc4ccccc4)cc3)CC2)s1. The number of aromatic nitrogens is 2. The van der Waals surface area contributed by atoms with Crippen LogP contribution in [0.1, 0.15) is 24.8 Å². The second-order valence-electron chi connectivity index (χ2n) is 7.41. The van der Waals surface area contributed by atoms with Crippen LogP contribution in [0.4, 0.5) is 5.13 Å². The summed E-state index contributed by atoms with van der Waals surface area (Å²) < 4.78 is 33.2. The molecule has 2 heterocycles. The maximum absolute atomic E-state index is 13.0. The summed E-state index contributed by atoms with van der Waals surface area (Å²) in [5, 5.41) is 12.1. The van der Waals surface area contributed by atoms with Crippen molar-refractivity contribution >= 4 is 32.4 Å². The van der Waals surface area contributed by atoms with E-state index in [0.717, 1.165) is 11.4 Å². The number of sulfonamides is 1. The molecule has 8 nitrogen and oxygen atoms in total. The van der Waals surface area contributed by atoms with Gasteiger partial charge < -0.3 is 10.1 Å². The molecule has 0 aliphatic carbocycles. The minimum Gasteiger partial charge on any atom is -0.457 e. The van der Waals surface area contributed by atoms with Gasteiger partial charge in [-0.3, -0.25) is 4.79 Å². The fourth-order valence-electron chi connectivity index (χ4n) is 3.47. The van der Waals surface area contributed by atoms with E-state index in [1.807, 2.05) is 37.3 Å². The number of piperidine rings is 1. The number of nitrogens with one attached hydrogen (secondary N) is 1. The zero-order valence-corrected chi connectivity index (χ0v) is 19.2. The van der Waals surface area contributed by atoms with E-state index in [1.165, 1.54) is 15.6 Å². The quantitative estimate of drug-likeness (QED) is 0.559. The summed E-state index contributed by atoms with van der Waals surface area (Å²) in [5.74, 6) is 0.858. The van der Waals surface area contributed by atoms with Gasteiger partial charge >= 0.3 is 0 Å². The Kier molecular flexibility index (Phi) is 6.83. The lowest BCUT2D eigenvalue weighted by molar-refractivity contribution is -0.120. The van der Waals surface area contributed by atoms with Crippen LogP contribution in [0.2, 0.25) is 0 Å². The van der Waals surface area contributed by atoms with E-state index in [-0.39, 0.29) is 16.7 Å². The van der Waals surface area contributed by atoms with Crippen LogP contribution in [-0.2, 0) is 21.2 Å². The number of para-hydroxylation sites is 1. The molecule has 0 radical (unpaired) electrons. The molecule has 32 heavy (non-hydrogen) atoms. The summed E-state index contributed by atoms with van der Waals surface area (Å²) in [7, 11) is -3.63. The summed E-state index contributed by atoms with van der Waals surface area (Å²) >= 11 is 1.36. The molecule has 0 saturated carbocycles. The summed E-state index contributed by atoms with van der Waals surface area (Å²) in [4.78, 5) is 12.7. The van der Waals surface area contributed by atoms with Gasteiger partial charge in [-0.2, -0.15) is 4.31 Å². The summed E-state index contributed by atoms with van der Waals surface area (Å²) in [6.45, 7) is 2.56. The molecular formula is C22H24N4O4S2. The van der Waals surface area contributed by atoms with Gasteiger partial charge in [0.25, 0.3) is 0 Å². The van der Waals surface area contributed by atoms with Crippen LogP contribution < -0.4 is 10.1 Å². The molecule has 0 bridgehead atoms. The van der Waals surface area contributed by atoms with E-state index in [0.29, 0.717) is 42.6 Å². The highest BCUT2D eigenvalue weighted by molar-refractivity contribution is 7.89. The molecule has 168 valence electrons. The standard InChI is InChI=1S/C22H24N4O4S2/c1-2-20-24-25-22(31-20)23-21(27)16-12-14-26(15-13-16)32(28,29)19-10-8-18(9-11-19)30-17-6-4-3-5-7-17/h3-11,16H,2,12-15H2,1H3,(H,23,25,27). The maximum Gasteiger partial charge on any atom is 0.243 e. The fraction of sp³-hybridized carbons (Fsp3) is 0.318. The number of carbonyl (C=O) groups is 1. The number of rotatable bonds is 7. The zero-order valence-electron chi connectivity index (χ0n) is 17.6. The molecule has 1 aliphatic rings. The molecule has 2 aromatic carbocycles. The Morgan fingerprint density at radius 1 is 1.06 bits per heavy atom. The van der Waals surface area contributed by atoms with E-state index in [4.69, 9.17) is 4.74 Å². The van der Waals surface area contributed by atoms with Gasteiger partial charge in [-0.25, -0.2) is 8.42 Å². The van der Waals surface area contributed by atoms with Crippen molar-refractivity contribution in [3.05, 3.63) is 59.6 Å². The van der Waals surface area contributed by atoms with Crippen molar-refractivity contribution in [3.8, 4) is 11.5 Å². The Morgan fingerprint density at radius 3 is 2.34 bits per heavy atom. The Hall–Kier alpha value is -2.82. The topological polar surface area (TPSA) is 101 Å². The number of anilines is 1. The molecule has 1 aromatic heterocycles. The first-order valence-corrected chi connectivity index (χ1v) is 12.7. The van der Waals surface area contributed by atoms with Crippen molar-refractivity contribution in [2.75, 3.05) is 18.4 Å². The van der Waals surface area contributed by atoms with Crippen LogP contribution in [0.15, 0.2) is 59.5 Å². The number of hydrogen-bond donors (Lipinski definition) is 1. The van der Waals surface area contributed by atoms with Crippen molar-refractivity contribution in [1.82, 2.24) is 14.5 Å². The Bertz CT molecular complexity index is 1160. The van der Waals surface area contributed by atoms with E-state index < -0.39 is 10.0 Å². The molecule has 10 heteroatoms. The molecule has 0 atom stereocenters. The number of ether oxygens (including phenoxy) is 1. The van der Waals surface area contributed by atoms with Gasteiger partial charge in [-0.1, -0.05) is 36.5 Å². The Labute approximate surface area is 191 Å². The summed E-state index contributed by atoms with van der Waals surface area (Å²) in [6, 6.07) is 15.7. The van der Waals surface area contributed by atoms with Gasteiger partial charge in [0.15, 0.2) is 0 Å². The van der Waals surface area contributed by atoms with Crippen LogP contribution in [-0.4, -0.2) is 41.9 Å². The maximum atomic E-state index is 13.0. The highest BCUT2D eigenvalue weighted by Gasteiger charge is 2.32. The van der Waals surface area contributed by atoms with Gasteiger partial charge in [0.1, 0.15) is 16.5 Å². The van der Waals surface area contributed by atoms with Crippen LogP contribution in [0.25, 0.3) is 0 Å². The molecule has 1 aliphatic heterocycles. The first-order valence-electron chi connectivity index (χ1n) is 10.4. The zero-order chi connectivity index (χ0) is 22.6. The molecular weight excluding hydrogens is 448 g/mol. The molecule has 4 rings (SSSR count). The summed E-state index contributed by atoms with van der Waals surface area (Å²) in [6.07, 6.45) is 1.68. The van der Waals surface area contributed by atoms with Crippen molar-refractivity contribution in [1.29, 1.82) is 0 Å². The smallest absolute Gasteiger partial charge is 0.243 e. The number of nitrogens with zero attached hydrogens (tertiary/aromatic N) is 3. The van der Waals surface area contributed by atoms with Gasteiger partial charge in [-0.05, 0) is 55.7 Å². The highest BCUT2D eigenvalue weighted by atomic mass is 32.2. The molecule has 0 spiro atoms. The van der Waals surface area contributed by atoms with Crippen LogP contribution in [0.3, 0.4) is 0 Å². The van der Waals surface area contributed by atoms with Crippen molar-refractivity contribution in [2.24, 2.45) is 5.92 Å². The third kappa shape index (κ3) is 5.14. The Morgan fingerprint density at radius 2 is 1.72 bits per heavy atom. The minimum atomic E-state index is -3.63. The predicted octanol–water partition coefficient (Wildman–Crippen LogP) is 3.93. The average molecular weight is 473 g/mol. The van der Waals surface area contributed by atoms with Gasteiger partial charge in [0, 0.05) is 19.0 Å². The third-order valence-electron chi connectivity index (χ3n) is 5.26. The number of amides is 1. The minimum absolute atomic E-state index is 0.136. The predicted molar refractivity (Wildman–Crippen MR) is 122 cm³/mol. The van der Waals surface area contributed by atoms with Gasteiger partial charge in [0.2, 0.25) is 21.1 Å². The first-order chi connectivity index (χ1) is 15.5. The van der Waals surface area contributed by atoms with Crippen LogP contribution in [0.5, 0.6) is 11.5 Å². The number of carbonyl (C=O) groups excluding carboxylic acids is 1. The van der Waals surface area contributed by atoms with Crippen molar-refractivity contribution in [3.63, 3.8) is 0 Å². The van der Waals surface area contributed by atoms with Gasteiger partial charge in [0.05, 0.1) is 4.90 Å². The van der Waals surface area contributed by atoms with Crippen LogP contribution >= 0.6 is 11.3 Å². The van der Waals surface area contributed by atoms with Gasteiger partial charge in [-0.15, -0.1) is 10.2 Å². The molecule has 1 saturated heterocycles. The number of aryl methyl sites for hydroxylation is 1. The first kappa shape index (κ1) is 22.4. The number of benzene rings is 2. The largest absolute Gasteiger partial charge is 0.457 e. The number of hydrogen-bond acceptors (Lipinski definition) is 7. The molecule has 1 N–H and O–H groups in total. The molecule has 1 amide bonds.